The van der Waals surface area contributed by atoms with E-state index in [1.807, 2.05) is 0 Å². The fraction of sp³-hybridized carbons (Fsp3) is 0.250. The lowest BCUT2D eigenvalue weighted by Gasteiger charge is -2.24. The molecule has 1 rings (SSSR count). The first kappa shape index (κ1) is 8.64. The van der Waals surface area contributed by atoms with E-state index < -0.39 is 5.97 Å². The van der Waals surface area contributed by atoms with Gasteiger partial charge in [0.05, 0.1) is 5.70 Å². The van der Waals surface area contributed by atoms with Gasteiger partial charge in [0.25, 0.3) is 0 Å². The number of allylic oxidation sites excluding steroid dienone is 2. The number of carboxylic acid groups (broad SMARTS) is 1. The van der Waals surface area contributed by atoms with E-state index in [0.717, 1.165) is 0 Å². The molecule has 1 aliphatic rings. The molecule has 0 atom stereocenters. The van der Waals surface area contributed by atoms with Crippen LogP contribution >= 0.6 is 0 Å². The summed E-state index contributed by atoms with van der Waals surface area (Å²) >= 11 is 0. The maximum Gasteiger partial charge on any atom is 0.339 e. The highest BCUT2D eigenvalue weighted by atomic mass is 16.4. The van der Waals surface area contributed by atoms with Crippen LogP contribution in [0, 0.1) is 6.04 Å². The van der Waals surface area contributed by atoms with E-state index in [4.69, 9.17) is 5.11 Å². The number of aliphatic carboxylic acids is 1. The van der Waals surface area contributed by atoms with Crippen LogP contribution in [0.1, 0.15) is 0 Å². The van der Waals surface area contributed by atoms with E-state index >= 15 is 0 Å². The minimum atomic E-state index is -0.945. The Hall–Kier alpha value is -1.45. The highest BCUT2D eigenvalue weighted by Crippen LogP contribution is 2.16. The quantitative estimate of drug-likeness (QED) is 0.615. The maximum atomic E-state index is 10.7. The van der Waals surface area contributed by atoms with Crippen molar-refractivity contribution in [1.82, 2.24) is 10.2 Å². The third kappa shape index (κ3) is 1.58. The molecule has 0 unspecified atom stereocenters. The lowest BCUT2D eigenvalue weighted by molar-refractivity contribution is -0.135. The molecule has 0 spiro atoms. The second-order valence-corrected chi connectivity index (χ2v) is 2.63. The molecule has 0 fully saturated rings. The number of nitrogens with one attached hydrogen (secondary N) is 1. The molecule has 4 heteroatoms. The lowest BCUT2D eigenvalue weighted by atomic mass is 10.1. The van der Waals surface area contributed by atoms with Crippen LogP contribution in [0.2, 0.25) is 0 Å². The predicted molar refractivity (Wildman–Crippen MR) is 44.9 cm³/mol. The van der Waals surface area contributed by atoms with Crippen molar-refractivity contribution in [2.24, 2.45) is 0 Å². The highest BCUT2D eigenvalue weighted by Gasteiger charge is 2.25. The molecule has 0 aromatic carbocycles. The third-order valence-electron chi connectivity index (χ3n) is 1.53. The summed E-state index contributed by atoms with van der Waals surface area (Å²) in [5.74, 6) is -0.945. The van der Waals surface area contributed by atoms with Gasteiger partial charge in [0.15, 0.2) is 0 Å². The van der Waals surface area contributed by atoms with Crippen LogP contribution in [0.3, 0.4) is 0 Å². The zero-order valence-electron chi connectivity index (χ0n) is 7.03. The number of hydrogen-bond acceptors (Lipinski definition) is 3. The number of nitrogens with zero attached hydrogens (tertiary/aromatic N) is 1. The second kappa shape index (κ2) is 3.30. The molecular weight excluding hydrogens is 156 g/mol. The summed E-state index contributed by atoms with van der Waals surface area (Å²) in [7, 11) is 3.60. The predicted octanol–water partition coefficient (Wildman–Crippen LogP) is 0.165. The average molecular weight is 167 g/mol. The van der Waals surface area contributed by atoms with Gasteiger partial charge >= 0.3 is 5.97 Å². The van der Waals surface area contributed by atoms with Gasteiger partial charge in [-0.3, -0.25) is 0 Å². The van der Waals surface area contributed by atoms with Crippen molar-refractivity contribution in [2.45, 2.75) is 0 Å². The van der Waals surface area contributed by atoms with Gasteiger partial charge in [-0.05, 0) is 18.4 Å². The molecule has 4 nitrogen and oxygen atoms in total. The summed E-state index contributed by atoms with van der Waals surface area (Å²) in [5, 5.41) is 11.4. The number of carbonyl (C=O) groups is 1. The topological polar surface area (TPSA) is 52.6 Å². The molecule has 0 aromatic rings. The van der Waals surface area contributed by atoms with Gasteiger partial charge in [-0.25, -0.2) is 4.79 Å². The van der Waals surface area contributed by atoms with Gasteiger partial charge in [-0.15, -0.1) is 0 Å². The Morgan fingerprint density at radius 2 is 2.25 bits per heavy atom. The normalized spacial score (nSPS) is 16.7. The summed E-state index contributed by atoms with van der Waals surface area (Å²) in [6, 6.07) is 0.211. The molecule has 0 saturated heterocycles. The SMILES string of the molecule is CN(C)C1=CC=CN[C]1C(=O)O. The van der Waals surface area contributed by atoms with Crippen molar-refractivity contribution < 1.29 is 9.90 Å². The minimum Gasteiger partial charge on any atom is -0.479 e. The fourth-order valence-corrected chi connectivity index (χ4v) is 0.972. The Kier molecular flexibility index (Phi) is 2.38. The van der Waals surface area contributed by atoms with E-state index in [1.165, 1.54) is 0 Å². The van der Waals surface area contributed by atoms with Crippen LogP contribution in [0.15, 0.2) is 24.0 Å². The van der Waals surface area contributed by atoms with Gasteiger partial charge in [-0.2, -0.15) is 0 Å². The number of carboxylic acids is 1. The summed E-state index contributed by atoms with van der Waals surface area (Å²) < 4.78 is 0. The Morgan fingerprint density at radius 3 is 2.67 bits per heavy atom. The standard InChI is InChI=1S/C8H11N2O2/c1-10(2)6-4-3-5-9-7(6)8(11)12/h3-5,9H,1-2H3,(H,11,12). The summed E-state index contributed by atoms with van der Waals surface area (Å²) in [6.07, 6.45) is 5.11. The van der Waals surface area contributed by atoms with E-state index in [0.29, 0.717) is 5.70 Å². The lowest BCUT2D eigenvalue weighted by Crippen LogP contribution is -2.33. The maximum absolute atomic E-state index is 10.7. The molecule has 1 radical (unpaired) electrons. The molecule has 0 aliphatic carbocycles. The van der Waals surface area contributed by atoms with Gasteiger partial charge < -0.3 is 15.3 Å². The average Bonchev–Trinajstić information content (AvgIpc) is 2.04. The number of rotatable bonds is 2. The Balaban J connectivity index is 2.84. The van der Waals surface area contributed by atoms with Crippen molar-refractivity contribution in [3.05, 3.63) is 30.1 Å². The van der Waals surface area contributed by atoms with E-state index in [-0.39, 0.29) is 6.04 Å². The van der Waals surface area contributed by atoms with Gasteiger partial charge in [-0.1, -0.05) is 0 Å². The molecule has 0 amide bonds. The van der Waals surface area contributed by atoms with E-state index in [2.05, 4.69) is 5.32 Å². The van der Waals surface area contributed by atoms with Crippen LogP contribution in [-0.4, -0.2) is 30.1 Å². The molecule has 0 bridgehead atoms. The van der Waals surface area contributed by atoms with Crippen molar-refractivity contribution in [3.63, 3.8) is 0 Å². The molecule has 1 aliphatic heterocycles. The van der Waals surface area contributed by atoms with Crippen LogP contribution in [0.25, 0.3) is 0 Å². The Labute approximate surface area is 71.2 Å². The van der Waals surface area contributed by atoms with Crippen LogP contribution < -0.4 is 5.32 Å². The molecule has 0 aromatic heterocycles. The molecule has 2 N–H and O–H groups in total. The largest absolute Gasteiger partial charge is 0.479 e. The Bertz CT molecular complexity index is 243. The molecule has 65 valence electrons. The second-order valence-electron chi connectivity index (χ2n) is 2.63. The van der Waals surface area contributed by atoms with Crippen LogP contribution in [0.5, 0.6) is 0 Å². The van der Waals surface area contributed by atoms with Crippen molar-refractivity contribution in [2.75, 3.05) is 14.1 Å². The highest BCUT2D eigenvalue weighted by molar-refractivity contribution is 5.87. The molecule has 1 heterocycles. The zero-order valence-corrected chi connectivity index (χ0v) is 7.03. The van der Waals surface area contributed by atoms with Gasteiger partial charge in [0, 0.05) is 14.1 Å². The number of likely N-dealkylation sites (N-methyl/N-ethyl adjacent to an activating group) is 1. The number of dihydropyridines is 1. The van der Waals surface area contributed by atoms with Crippen LogP contribution in [0.4, 0.5) is 0 Å². The van der Waals surface area contributed by atoms with Crippen molar-refractivity contribution in [1.29, 1.82) is 0 Å². The Morgan fingerprint density at radius 1 is 1.58 bits per heavy atom. The molecule has 12 heavy (non-hydrogen) atoms. The summed E-state index contributed by atoms with van der Waals surface area (Å²) in [4.78, 5) is 12.4. The van der Waals surface area contributed by atoms with Crippen molar-refractivity contribution >= 4 is 5.97 Å². The molecule has 0 saturated carbocycles. The van der Waals surface area contributed by atoms with E-state index in [1.54, 1.807) is 37.3 Å². The first-order valence-electron chi connectivity index (χ1n) is 3.54. The first-order valence-corrected chi connectivity index (χ1v) is 3.54. The van der Waals surface area contributed by atoms with Gasteiger partial charge in [0.1, 0.15) is 0 Å². The van der Waals surface area contributed by atoms with E-state index in [9.17, 15) is 4.79 Å². The smallest absolute Gasteiger partial charge is 0.339 e. The molecular formula is C8H11N2O2. The zero-order chi connectivity index (χ0) is 9.14. The third-order valence-corrected chi connectivity index (χ3v) is 1.53. The summed E-state index contributed by atoms with van der Waals surface area (Å²) in [5.41, 5.74) is 0.671. The first-order chi connectivity index (χ1) is 5.63. The van der Waals surface area contributed by atoms with Crippen molar-refractivity contribution in [3.8, 4) is 0 Å². The summed E-state index contributed by atoms with van der Waals surface area (Å²) in [6.45, 7) is 0. The van der Waals surface area contributed by atoms with Gasteiger partial charge in [0.2, 0.25) is 6.04 Å². The number of hydrogen-bond donors (Lipinski definition) is 2. The minimum absolute atomic E-state index is 0.211. The van der Waals surface area contributed by atoms with Crippen LogP contribution in [-0.2, 0) is 4.79 Å². The monoisotopic (exact) mass is 167 g/mol. The fourth-order valence-electron chi connectivity index (χ4n) is 0.972.